The van der Waals surface area contributed by atoms with Crippen LogP contribution in [0.2, 0.25) is 0 Å². The molecule has 3 aromatic rings. The van der Waals surface area contributed by atoms with E-state index in [1.807, 2.05) is 60.7 Å². The number of aromatic nitrogens is 2. The van der Waals surface area contributed by atoms with Crippen molar-refractivity contribution in [3.05, 3.63) is 89.0 Å². The lowest BCUT2D eigenvalue weighted by atomic mass is 10.1. The summed E-state index contributed by atoms with van der Waals surface area (Å²) >= 11 is 1.57. The lowest BCUT2D eigenvalue weighted by Crippen LogP contribution is -2.31. The van der Waals surface area contributed by atoms with Gasteiger partial charge >= 0.3 is 0 Å². The molecule has 0 radical (unpaired) electrons. The maximum absolute atomic E-state index is 12.2. The Bertz CT molecular complexity index is 927. The summed E-state index contributed by atoms with van der Waals surface area (Å²) in [6.45, 7) is 0.799. The Morgan fingerprint density at radius 3 is 2.44 bits per heavy atom. The zero-order chi connectivity index (χ0) is 18.9. The van der Waals surface area contributed by atoms with E-state index in [2.05, 4.69) is 10.3 Å². The maximum atomic E-state index is 12.2. The van der Waals surface area contributed by atoms with Gasteiger partial charge in [-0.05, 0) is 5.56 Å². The Kier molecular flexibility index (Phi) is 6.82. The number of thioether (sulfide) groups is 1. The molecule has 1 aromatic heterocycles. The molecule has 1 amide bonds. The van der Waals surface area contributed by atoms with E-state index >= 15 is 0 Å². The van der Waals surface area contributed by atoms with Crippen LogP contribution in [0.5, 0.6) is 0 Å². The molecule has 1 N–H and O–H groups in total. The number of benzene rings is 2. The van der Waals surface area contributed by atoms with Gasteiger partial charge in [0.15, 0.2) is 0 Å². The quantitative estimate of drug-likeness (QED) is 0.654. The van der Waals surface area contributed by atoms with Crippen molar-refractivity contribution in [1.29, 1.82) is 0 Å². The minimum absolute atomic E-state index is 0.0298. The van der Waals surface area contributed by atoms with Gasteiger partial charge in [-0.3, -0.25) is 14.2 Å². The molecule has 1 heterocycles. The van der Waals surface area contributed by atoms with E-state index in [-0.39, 0.29) is 11.5 Å². The van der Waals surface area contributed by atoms with E-state index < -0.39 is 0 Å². The Morgan fingerprint density at radius 2 is 1.74 bits per heavy atom. The van der Waals surface area contributed by atoms with Crippen LogP contribution in [0.1, 0.15) is 5.56 Å². The third-order valence-corrected chi connectivity index (χ3v) is 4.97. The van der Waals surface area contributed by atoms with Crippen molar-refractivity contribution in [2.75, 3.05) is 12.3 Å². The smallest absolute Gasteiger partial charge is 0.253 e. The summed E-state index contributed by atoms with van der Waals surface area (Å²) in [5.41, 5.74) is 2.63. The van der Waals surface area contributed by atoms with Gasteiger partial charge in [-0.15, -0.1) is 11.8 Å². The van der Waals surface area contributed by atoms with Gasteiger partial charge in [0, 0.05) is 30.5 Å². The lowest BCUT2D eigenvalue weighted by Gasteiger charge is -2.08. The first kappa shape index (κ1) is 18.9. The summed E-state index contributed by atoms with van der Waals surface area (Å²) in [6.07, 6.45) is 1.53. The minimum Gasteiger partial charge on any atom is -0.354 e. The predicted octanol–water partition coefficient (Wildman–Crippen LogP) is 2.96. The van der Waals surface area contributed by atoms with Gasteiger partial charge in [0.05, 0.1) is 17.8 Å². The summed E-state index contributed by atoms with van der Waals surface area (Å²) in [5, 5.41) is 2.84. The highest BCUT2D eigenvalue weighted by Crippen LogP contribution is 2.13. The second-order valence-corrected chi connectivity index (χ2v) is 6.99. The second kappa shape index (κ2) is 9.73. The Hall–Kier alpha value is -2.86. The van der Waals surface area contributed by atoms with Crippen molar-refractivity contribution in [3.8, 4) is 11.3 Å². The first-order valence-corrected chi connectivity index (χ1v) is 9.88. The molecule has 0 aliphatic rings. The van der Waals surface area contributed by atoms with Gasteiger partial charge in [0.25, 0.3) is 5.56 Å². The molecule has 0 saturated carbocycles. The lowest BCUT2D eigenvalue weighted by molar-refractivity contribution is -0.118. The average molecular weight is 379 g/mol. The number of carbonyl (C=O) groups is 1. The fraction of sp³-hybridized carbons (Fsp3) is 0.190. The summed E-state index contributed by atoms with van der Waals surface area (Å²) in [7, 11) is 0. The molecular weight excluding hydrogens is 358 g/mol. The Morgan fingerprint density at radius 1 is 1.04 bits per heavy atom. The zero-order valence-corrected chi connectivity index (χ0v) is 15.7. The third kappa shape index (κ3) is 5.82. The summed E-state index contributed by atoms with van der Waals surface area (Å²) < 4.78 is 1.50. The normalized spacial score (nSPS) is 10.5. The van der Waals surface area contributed by atoms with Gasteiger partial charge in [-0.2, -0.15) is 0 Å². The van der Waals surface area contributed by atoms with Gasteiger partial charge in [0.2, 0.25) is 5.91 Å². The SMILES string of the molecule is O=C(CSCc1ccccc1)NCCn1cnc(-c2ccccc2)cc1=O. The van der Waals surface area contributed by atoms with E-state index in [0.29, 0.717) is 24.5 Å². The standard InChI is InChI=1S/C21H21N3O2S/c25-20(15-27-14-17-7-3-1-4-8-17)22-11-12-24-16-23-19(13-21(24)26)18-9-5-2-6-10-18/h1-10,13,16H,11-12,14-15H2,(H,22,25). The molecule has 138 valence electrons. The number of amides is 1. The monoisotopic (exact) mass is 379 g/mol. The minimum atomic E-state index is -0.128. The molecule has 0 atom stereocenters. The van der Waals surface area contributed by atoms with Crippen LogP contribution in [0.25, 0.3) is 11.3 Å². The van der Waals surface area contributed by atoms with E-state index in [0.717, 1.165) is 11.3 Å². The summed E-state index contributed by atoms with van der Waals surface area (Å²) in [5.74, 6) is 1.17. The molecule has 5 nitrogen and oxygen atoms in total. The van der Waals surface area contributed by atoms with Crippen molar-refractivity contribution < 1.29 is 4.79 Å². The first-order chi connectivity index (χ1) is 13.2. The van der Waals surface area contributed by atoms with Crippen LogP contribution >= 0.6 is 11.8 Å². The van der Waals surface area contributed by atoms with Crippen LogP contribution < -0.4 is 10.9 Å². The van der Waals surface area contributed by atoms with Crippen molar-refractivity contribution in [3.63, 3.8) is 0 Å². The van der Waals surface area contributed by atoms with E-state index in [4.69, 9.17) is 0 Å². The van der Waals surface area contributed by atoms with Crippen LogP contribution in [0.3, 0.4) is 0 Å². The number of carbonyl (C=O) groups excluding carboxylic acids is 1. The molecule has 0 spiro atoms. The summed E-state index contributed by atoms with van der Waals surface area (Å²) in [4.78, 5) is 28.5. The molecule has 0 fully saturated rings. The van der Waals surface area contributed by atoms with E-state index in [9.17, 15) is 9.59 Å². The highest BCUT2D eigenvalue weighted by Gasteiger charge is 2.04. The number of hydrogen-bond donors (Lipinski definition) is 1. The molecule has 2 aromatic carbocycles. The molecule has 0 aliphatic heterocycles. The van der Waals surface area contributed by atoms with Gasteiger partial charge in [0.1, 0.15) is 0 Å². The molecule has 0 aliphatic carbocycles. The average Bonchev–Trinajstić information content (AvgIpc) is 2.71. The topological polar surface area (TPSA) is 64.0 Å². The van der Waals surface area contributed by atoms with Gasteiger partial charge in [-0.25, -0.2) is 4.98 Å². The molecule has 0 saturated heterocycles. The largest absolute Gasteiger partial charge is 0.354 e. The zero-order valence-electron chi connectivity index (χ0n) is 14.9. The van der Waals surface area contributed by atoms with Crippen LogP contribution in [0, 0.1) is 0 Å². The van der Waals surface area contributed by atoms with E-state index in [1.54, 1.807) is 11.8 Å². The highest BCUT2D eigenvalue weighted by atomic mass is 32.2. The first-order valence-electron chi connectivity index (χ1n) is 8.72. The third-order valence-electron chi connectivity index (χ3n) is 3.97. The molecule has 0 unspecified atom stereocenters. The van der Waals surface area contributed by atoms with Gasteiger partial charge < -0.3 is 5.32 Å². The van der Waals surface area contributed by atoms with Crippen LogP contribution in [0.15, 0.2) is 77.9 Å². The molecule has 0 bridgehead atoms. The van der Waals surface area contributed by atoms with Crippen molar-refractivity contribution in [1.82, 2.24) is 14.9 Å². The number of rotatable bonds is 8. The van der Waals surface area contributed by atoms with Crippen molar-refractivity contribution in [2.24, 2.45) is 0 Å². The number of nitrogens with zero attached hydrogens (tertiary/aromatic N) is 2. The predicted molar refractivity (Wildman–Crippen MR) is 110 cm³/mol. The number of nitrogens with one attached hydrogen (secondary N) is 1. The summed E-state index contributed by atoms with van der Waals surface area (Å²) in [6, 6.07) is 21.1. The van der Waals surface area contributed by atoms with Crippen molar-refractivity contribution in [2.45, 2.75) is 12.3 Å². The Labute approximate surface area is 162 Å². The molecule has 3 rings (SSSR count). The second-order valence-electron chi connectivity index (χ2n) is 6.00. The molecular formula is C21H21N3O2S. The molecule has 27 heavy (non-hydrogen) atoms. The molecule has 6 heteroatoms. The highest BCUT2D eigenvalue weighted by molar-refractivity contribution is 7.99. The van der Waals surface area contributed by atoms with Crippen LogP contribution in [-0.4, -0.2) is 27.8 Å². The van der Waals surface area contributed by atoms with Crippen LogP contribution in [-0.2, 0) is 17.1 Å². The number of hydrogen-bond acceptors (Lipinski definition) is 4. The fourth-order valence-corrected chi connectivity index (χ4v) is 3.38. The fourth-order valence-electron chi connectivity index (χ4n) is 2.56. The van der Waals surface area contributed by atoms with Gasteiger partial charge in [-0.1, -0.05) is 60.7 Å². The van der Waals surface area contributed by atoms with Crippen LogP contribution in [0.4, 0.5) is 0 Å². The van der Waals surface area contributed by atoms with Crippen molar-refractivity contribution >= 4 is 17.7 Å². The Balaban J connectivity index is 1.43. The maximum Gasteiger partial charge on any atom is 0.253 e. The van der Waals surface area contributed by atoms with E-state index in [1.165, 1.54) is 22.5 Å².